The van der Waals surface area contributed by atoms with Crippen molar-refractivity contribution in [3.05, 3.63) is 29.3 Å². The third-order valence-corrected chi connectivity index (χ3v) is 2.95. The number of nitrogens with one attached hydrogen (secondary N) is 1. The average molecular weight is 251 g/mol. The van der Waals surface area contributed by atoms with Gasteiger partial charge in [0.25, 0.3) is 5.91 Å². The number of hydrogen-bond acceptors (Lipinski definition) is 3. The van der Waals surface area contributed by atoms with E-state index < -0.39 is 0 Å². The lowest BCUT2D eigenvalue weighted by molar-refractivity contribution is 0.0949. The Kier molecular flexibility index (Phi) is 5.65. The van der Waals surface area contributed by atoms with Gasteiger partial charge in [-0.3, -0.25) is 4.79 Å². The summed E-state index contributed by atoms with van der Waals surface area (Å²) in [5.74, 6) is 0.0425. The van der Waals surface area contributed by atoms with Crippen molar-refractivity contribution in [2.24, 2.45) is 5.92 Å². The maximum Gasteiger partial charge on any atom is 0.255 e. The van der Waals surface area contributed by atoms with E-state index in [9.17, 15) is 9.90 Å². The van der Waals surface area contributed by atoms with Gasteiger partial charge >= 0.3 is 0 Å². The highest BCUT2D eigenvalue weighted by Crippen LogP contribution is 2.21. The quantitative estimate of drug-likeness (QED) is 0.676. The summed E-state index contributed by atoms with van der Waals surface area (Å²) < 4.78 is 0. The Morgan fingerprint density at radius 2 is 2.17 bits per heavy atom. The van der Waals surface area contributed by atoms with Crippen molar-refractivity contribution in [3.8, 4) is 5.75 Å². The number of aryl methyl sites for hydroxylation is 1. The van der Waals surface area contributed by atoms with Crippen LogP contribution in [-0.4, -0.2) is 29.3 Å². The molecule has 1 aromatic rings. The molecule has 0 aliphatic heterocycles. The largest absolute Gasteiger partial charge is 0.507 e. The van der Waals surface area contributed by atoms with E-state index in [1.165, 1.54) is 0 Å². The Morgan fingerprint density at radius 1 is 1.44 bits per heavy atom. The first-order chi connectivity index (χ1) is 8.56. The summed E-state index contributed by atoms with van der Waals surface area (Å²) in [6.07, 6.45) is 1.69. The van der Waals surface area contributed by atoms with Gasteiger partial charge in [0.15, 0.2) is 0 Å². The van der Waals surface area contributed by atoms with Crippen LogP contribution in [0.4, 0.5) is 0 Å². The standard InChI is InChI=1S/C14H21NO3/c1-10(9-16)5-4-8-15-14(18)12-7-3-6-11(2)13(12)17/h3,6-7,10,16-17H,4-5,8-9H2,1-2H3,(H,15,18). The second-order valence-electron chi connectivity index (χ2n) is 4.66. The maximum atomic E-state index is 11.8. The molecule has 4 nitrogen and oxygen atoms in total. The molecule has 0 aromatic heterocycles. The number of para-hydroxylation sites is 1. The summed E-state index contributed by atoms with van der Waals surface area (Å²) in [6, 6.07) is 5.11. The van der Waals surface area contributed by atoms with Crippen molar-refractivity contribution in [1.29, 1.82) is 0 Å². The van der Waals surface area contributed by atoms with E-state index in [1.54, 1.807) is 25.1 Å². The summed E-state index contributed by atoms with van der Waals surface area (Å²) in [5, 5.41) is 21.4. The summed E-state index contributed by atoms with van der Waals surface area (Å²) in [4.78, 5) is 11.8. The average Bonchev–Trinajstić information content (AvgIpc) is 2.37. The molecule has 1 atom stereocenters. The lowest BCUT2D eigenvalue weighted by atomic mass is 10.1. The molecule has 100 valence electrons. The number of amides is 1. The third-order valence-electron chi connectivity index (χ3n) is 2.95. The van der Waals surface area contributed by atoms with E-state index in [2.05, 4.69) is 5.32 Å². The monoisotopic (exact) mass is 251 g/mol. The molecule has 0 saturated carbocycles. The van der Waals surface area contributed by atoms with Crippen molar-refractivity contribution >= 4 is 5.91 Å². The van der Waals surface area contributed by atoms with Crippen LogP contribution in [0.15, 0.2) is 18.2 Å². The van der Waals surface area contributed by atoms with Gasteiger partial charge in [0.1, 0.15) is 5.75 Å². The molecule has 0 radical (unpaired) electrons. The highest BCUT2D eigenvalue weighted by atomic mass is 16.3. The van der Waals surface area contributed by atoms with Crippen molar-refractivity contribution in [2.45, 2.75) is 26.7 Å². The molecular formula is C14H21NO3. The van der Waals surface area contributed by atoms with Gasteiger partial charge in [0, 0.05) is 13.2 Å². The van der Waals surface area contributed by atoms with Gasteiger partial charge in [-0.05, 0) is 37.3 Å². The van der Waals surface area contributed by atoms with E-state index in [0.29, 0.717) is 17.7 Å². The van der Waals surface area contributed by atoms with Gasteiger partial charge in [-0.2, -0.15) is 0 Å². The minimum atomic E-state index is -0.257. The van der Waals surface area contributed by atoms with Crippen LogP contribution in [-0.2, 0) is 0 Å². The van der Waals surface area contributed by atoms with Gasteiger partial charge < -0.3 is 15.5 Å². The zero-order valence-corrected chi connectivity index (χ0v) is 10.9. The Bertz CT molecular complexity index is 404. The molecule has 1 amide bonds. The molecule has 0 fully saturated rings. The predicted molar refractivity (Wildman–Crippen MR) is 70.7 cm³/mol. The number of benzene rings is 1. The van der Waals surface area contributed by atoms with Crippen LogP contribution >= 0.6 is 0 Å². The lowest BCUT2D eigenvalue weighted by Crippen LogP contribution is -2.25. The van der Waals surface area contributed by atoms with Crippen LogP contribution in [0.1, 0.15) is 35.7 Å². The number of carbonyl (C=O) groups excluding carboxylic acids is 1. The van der Waals surface area contributed by atoms with Crippen molar-refractivity contribution in [2.75, 3.05) is 13.2 Å². The van der Waals surface area contributed by atoms with Gasteiger partial charge in [-0.1, -0.05) is 19.1 Å². The highest BCUT2D eigenvalue weighted by molar-refractivity contribution is 5.97. The fraction of sp³-hybridized carbons (Fsp3) is 0.500. The zero-order valence-electron chi connectivity index (χ0n) is 10.9. The Labute approximate surface area is 108 Å². The van der Waals surface area contributed by atoms with Crippen molar-refractivity contribution < 1.29 is 15.0 Å². The van der Waals surface area contributed by atoms with Gasteiger partial charge in [-0.25, -0.2) is 0 Å². The molecule has 0 spiro atoms. The fourth-order valence-corrected chi connectivity index (χ4v) is 1.68. The molecule has 0 heterocycles. The van der Waals surface area contributed by atoms with Gasteiger partial charge in [0.05, 0.1) is 5.56 Å². The first kappa shape index (κ1) is 14.5. The normalized spacial score (nSPS) is 12.2. The van der Waals surface area contributed by atoms with Crippen LogP contribution in [0.2, 0.25) is 0 Å². The smallest absolute Gasteiger partial charge is 0.255 e. The van der Waals surface area contributed by atoms with E-state index in [0.717, 1.165) is 12.8 Å². The van der Waals surface area contributed by atoms with E-state index in [-0.39, 0.29) is 24.2 Å². The van der Waals surface area contributed by atoms with Gasteiger partial charge in [0.2, 0.25) is 0 Å². The first-order valence-electron chi connectivity index (χ1n) is 6.24. The third kappa shape index (κ3) is 4.04. The second kappa shape index (κ2) is 7.01. The molecule has 4 heteroatoms. The van der Waals surface area contributed by atoms with E-state index in [4.69, 9.17) is 5.11 Å². The molecule has 0 saturated heterocycles. The molecule has 1 rings (SSSR count). The summed E-state index contributed by atoms with van der Waals surface area (Å²) in [5.41, 5.74) is 1.00. The summed E-state index contributed by atoms with van der Waals surface area (Å²) in [7, 11) is 0. The van der Waals surface area contributed by atoms with Crippen LogP contribution in [0.5, 0.6) is 5.75 Å². The lowest BCUT2D eigenvalue weighted by Gasteiger charge is -2.10. The number of rotatable bonds is 6. The number of aliphatic hydroxyl groups excluding tert-OH is 1. The molecule has 18 heavy (non-hydrogen) atoms. The van der Waals surface area contributed by atoms with E-state index in [1.807, 2.05) is 6.92 Å². The fourth-order valence-electron chi connectivity index (χ4n) is 1.68. The molecule has 3 N–H and O–H groups in total. The molecule has 0 aliphatic carbocycles. The number of aliphatic hydroxyl groups is 1. The Morgan fingerprint density at radius 3 is 2.83 bits per heavy atom. The number of aromatic hydroxyl groups is 1. The predicted octanol–water partition coefficient (Wildman–Crippen LogP) is 1.84. The summed E-state index contributed by atoms with van der Waals surface area (Å²) >= 11 is 0. The van der Waals surface area contributed by atoms with Crippen LogP contribution < -0.4 is 5.32 Å². The Balaban J connectivity index is 2.44. The van der Waals surface area contributed by atoms with Crippen LogP contribution in [0.3, 0.4) is 0 Å². The molecular weight excluding hydrogens is 230 g/mol. The number of carbonyl (C=O) groups is 1. The number of hydrogen-bond donors (Lipinski definition) is 3. The highest BCUT2D eigenvalue weighted by Gasteiger charge is 2.11. The summed E-state index contributed by atoms with van der Waals surface area (Å²) in [6.45, 7) is 4.45. The minimum Gasteiger partial charge on any atom is -0.507 e. The minimum absolute atomic E-state index is 0.0405. The number of phenols is 1. The van der Waals surface area contributed by atoms with Crippen molar-refractivity contribution in [3.63, 3.8) is 0 Å². The maximum absolute atomic E-state index is 11.8. The zero-order chi connectivity index (χ0) is 13.5. The van der Waals surface area contributed by atoms with Gasteiger partial charge in [-0.15, -0.1) is 0 Å². The molecule has 1 unspecified atom stereocenters. The first-order valence-corrected chi connectivity index (χ1v) is 6.24. The van der Waals surface area contributed by atoms with Crippen molar-refractivity contribution in [1.82, 2.24) is 5.32 Å². The second-order valence-corrected chi connectivity index (χ2v) is 4.66. The van der Waals surface area contributed by atoms with Crippen LogP contribution in [0.25, 0.3) is 0 Å². The topological polar surface area (TPSA) is 69.6 Å². The number of phenolic OH excluding ortho intramolecular Hbond substituents is 1. The molecule has 1 aromatic carbocycles. The molecule has 0 aliphatic rings. The van der Waals surface area contributed by atoms with E-state index >= 15 is 0 Å². The SMILES string of the molecule is Cc1cccc(C(=O)NCCCC(C)CO)c1O. The van der Waals surface area contributed by atoms with Crippen LogP contribution in [0, 0.1) is 12.8 Å². The Hall–Kier alpha value is -1.55. The molecule has 0 bridgehead atoms.